The fraction of sp³-hybridized carbons (Fsp3) is 0.615. The lowest BCUT2D eigenvalue weighted by molar-refractivity contribution is 0.0515. The van der Waals surface area contributed by atoms with Crippen LogP contribution in [0.2, 0.25) is 0 Å². The van der Waals surface area contributed by atoms with Gasteiger partial charge in [0.25, 0.3) is 0 Å². The Bertz CT molecular complexity index is 310. The minimum Gasteiger partial charge on any atom is -0.444 e. The van der Waals surface area contributed by atoms with Crippen LogP contribution in [-0.4, -0.2) is 17.7 Å². The van der Waals surface area contributed by atoms with E-state index < -0.39 is 5.60 Å². The summed E-state index contributed by atoms with van der Waals surface area (Å²) in [5, 5.41) is 2.84. The number of carbonyl (C=O) groups is 1. The standard InChI is InChI=1S/C13H21NO2/c1-10(11-8-6-5-7-9-11)14-12(15)16-13(2,3)4/h5-6,8,10H,7,9H2,1-4H3,(H,14,15). The molecule has 0 fully saturated rings. The molecule has 16 heavy (non-hydrogen) atoms. The molecule has 0 saturated heterocycles. The summed E-state index contributed by atoms with van der Waals surface area (Å²) >= 11 is 0. The van der Waals surface area contributed by atoms with Crippen LogP contribution < -0.4 is 5.32 Å². The Kier molecular flexibility index (Phi) is 4.16. The maximum atomic E-state index is 11.5. The molecule has 0 aromatic rings. The number of nitrogens with one attached hydrogen (secondary N) is 1. The molecular weight excluding hydrogens is 202 g/mol. The molecule has 1 N–H and O–H groups in total. The quantitative estimate of drug-likeness (QED) is 0.780. The smallest absolute Gasteiger partial charge is 0.408 e. The molecule has 1 atom stereocenters. The Hall–Kier alpha value is -1.25. The van der Waals surface area contributed by atoms with E-state index in [0.29, 0.717) is 0 Å². The van der Waals surface area contributed by atoms with E-state index in [2.05, 4.69) is 17.5 Å². The molecule has 1 aliphatic rings. The number of allylic oxidation sites excluding steroid dienone is 3. The molecular formula is C13H21NO2. The lowest BCUT2D eigenvalue weighted by Gasteiger charge is -2.23. The van der Waals surface area contributed by atoms with Gasteiger partial charge in [0.15, 0.2) is 0 Å². The van der Waals surface area contributed by atoms with Crippen LogP contribution in [0.3, 0.4) is 0 Å². The highest BCUT2D eigenvalue weighted by molar-refractivity contribution is 5.68. The molecule has 1 aliphatic carbocycles. The highest BCUT2D eigenvalue weighted by Crippen LogP contribution is 2.16. The van der Waals surface area contributed by atoms with Crippen molar-refractivity contribution in [2.75, 3.05) is 0 Å². The Labute approximate surface area is 97.6 Å². The first-order chi connectivity index (χ1) is 7.38. The molecule has 3 nitrogen and oxygen atoms in total. The van der Waals surface area contributed by atoms with Gasteiger partial charge in [0.1, 0.15) is 5.60 Å². The average Bonchev–Trinajstić information content (AvgIpc) is 2.16. The van der Waals surface area contributed by atoms with E-state index in [4.69, 9.17) is 4.74 Å². The summed E-state index contributed by atoms with van der Waals surface area (Å²) in [7, 11) is 0. The monoisotopic (exact) mass is 223 g/mol. The number of hydrogen-bond donors (Lipinski definition) is 1. The van der Waals surface area contributed by atoms with Gasteiger partial charge in [0.05, 0.1) is 6.04 Å². The number of carbonyl (C=O) groups excluding carboxylic acids is 1. The van der Waals surface area contributed by atoms with E-state index in [0.717, 1.165) is 12.8 Å². The molecule has 0 saturated carbocycles. The van der Waals surface area contributed by atoms with Crippen LogP contribution in [0.5, 0.6) is 0 Å². The lowest BCUT2D eigenvalue weighted by Crippen LogP contribution is -2.38. The minimum absolute atomic E-state index is 0.0415. The Morgan fingerprint density at radius 3 is 2.69 bits per heavy atom. The summed E-state index contributed by atoms with van der Waals surface area (Å²) in [5.74, 6) is 0. The van der Waals surface area contributed by atoms with Crippen LogP contribution >= 0.6 is 0 Å². The molecule has 0 spiro atoms. The molecule has 1 unspecified atom stereocenters. The summed E-state index contributed by atoms with van der Waals surface area (Å²) in [4.78, 5) is 11.5. The van der Waals surface area contributed by atoms with Crippen LogP contribution in [0.4, 0.5) is 4.79 Å². The molecule has 0 aliphatic heterocycles. The van der Waals surface area contributed by atoms with Crippen LogP contribution in [0, 0.1) is 0 Å². The highest BCUT2D eigenvalue weighted by atomic mass is 16.6. The van der Waals surface area contributed by atoms with Gasteiger partial charge in [0.2, 0.25) is 0 Å². The molecule has 0 aromatic carbocycles. The van der Waals surface area contributed by atoms with Crippen molar-refractivity contribution in [2.24, 2.45) is 0 Å². The van der Waals surface area contributed by atoms with Crippen LogP contribution in [-0.2, 0) is 4.74 Å². The number of amides is 1. The normalized spacial score (nSPS) is 17.6. The van der Waals surface area contributed by atoms with E-state index in [1.54, 1.807) is 0 Å². The maximum Gasteiger partial charge on any atom is 0.408 e. The van der Waals surface area contributed by atoms with Crippen LogP contribution in [0.25, 0.3) is 0 Å². The molecule has 0 heterocycles. The van der Waals surface area contributed by atoms with Gasteiger partial charge >= 0.3 is 6.09 Å². The van der Waals surface area contributed by atoms with Crippen molar-refractivity contribution >= 4 is 6.09 Å². The highest BCUT2D eigenvalue weighted by Gasteiger charge is 2.19. The predicted octanol–water partition coefficient (Wildman–Crippen LogP) is 3.18. The van der Waals surface area contributed by atoms with Crippen molar-refractivity contribution in [2.45, 2.75) is 52.2 Å². The van der Waals surface area contributed by atoms with Crippen molar-refractivity contribution < 1.29 is 9.53 Å². The van der Waals surface area contributed by atoms with Crippen molar-refractivity contribution in [1.82, 2.24) is 5.32 Å². The second-order valence-electron chi connectivity index (χ2n) is 5.08. The van der Waals surface area contributed by atoms with Crippen LogP contribution in [0.1, 0.15) is 40.5 Å². The minimum atomic E-state index is -0.440. The van der Waals surface area contributed by atoms with Gasteiger partial charge in [-0.15, -0.1) is 0 Å². The molecule has 0 radical (unpaired) electrons. The number of alkyl carbamates (subject to hydrolysis) is 1. The van der Waals surface area contributed by atoms with Crippen molar-refractivity contribution in [3.63, 3.8) is 0 Å². The first kappa shape index (κ1) is 12.8. The number of rotatable bonds is 2. The zero-order chi connectivity index (χ0) is 12.2. The second-order valence-corrected chi connectivity index (χ2v) is 5.08. The number of hydrogen-bond acceptors (Lipinski definition) is 2. The Morgan fingerprint density at radius 1 is 1.50 bits per heavy atom. The SMILES string of the molecule is CC(NC(=O)OC(C)(C)C)C1=CC=CCC1. The largest absolute Gasteiger partial charge is 0.444 e. The molecule has 0 aromatic heterocycles. The van der Waals surface area contributed by atoms with Crippen molar-refractivity contribution in [3.8, 4) is 0 Å². The maximum absolute atomic E-state index is 11.5. The lowest BCUT2D eigenvalue weighted by atomic mass is 9.99. The molecule has 0 bridgehead atoms. The Balaban J connectivity index is 2.45. The average molecular weight is 223 g/mol. The van der Waals surface area contributed by atoms with Gasteiger partial charge < -0.3 is 10.1 Å². The zero-order valence-corrected chi connectivity index (χ0v) is 10.5. The van der Waals surface area contributed by atoms with E-state index in [9.17, 15) is 4.79 Å². The third-order valence-electron chi connectivity index (χ3n) is 2.34. The van der Waals surface area contributed by atoms with E-state index >= 15 is 0 Å². The summed E-state index contributed by atoms with van der Waals surface area (Å²) in [6.07, 6.45) is 7.93. The fourth-order valence-electron chi connectivity index (χ4n) is 1.56. The Morgan fingerprint density at radius 2 is 2.19 bits per heavy atom. The zero-order valence-electron chi connectivity index (χ0n) is 10.5. The topological polar surface area (TPSA) is 38.3 Å². The first-order valence-electron chi connectivity index (χ1n) is 5.73. The molecule has 3 heteroatoms. The van der Waals surface area contributed by atoms with Gasteiger partial charge in [-0.1, -0.05) is 18.2 Å². The van der Waals surface area contributed by atoms with Crippen molar-refractivity contribution in [1.29, 1.82) is 0 Å². The summed E-state index contributed by atoms with van der Waals surface area (Å²) in [5.41, 5.74) is 0.804. The fourth-order valence-corrected chi connectivity index (χ4v) is 1.56. The molecule has 1 rings (SSSR count). The van der Waals surface area contributed by atoms with Gasteiger partial charge in [0, 0.05) is 0 Å². The van der Waals surface area contributed by atoms with Gasteiger partial charge in [-0.3, -0.25) is 0 Å². The van der Waals surface area contributed by atoms with E-state index in [1.807, 2.05) is 33.8 Å². The van der Waals surface area contributed by atoms with Gasteiger partial charge in [-0.05, 0) is 46.1 Å². The van der Waals surface area contributed by atoms with Crippen LogP contribution in [0.15, 0.2) is 23.8 Å². The molecule has 1 amide bonds. The van der Waals surface area contributed by atoms with E-state index in [1.165, 1.54) is 5.57 Å². The van der Waals surface area contributed by atoms with Crippen molar-refractivity contribution in [3.05, 3.63) is 23.8 Å². The van der Waals surface area contributed by atoms with Gasteiger partial charge in [-0.25, -0.2) is 4.79 Å². The predicted molar refractivity (Wildman–Crippen MR) is 65.3 cm³/mol. The summed E-state index contributed by atoms with van der Waals surface area (Å²) < 4.78 is 5.20. The summed E-state index contributed by atoms with van der Waals surface area (Å²) in [6.45, 7) is 7.56. The third kappa shape index (κ3) is 4.51. The van der Waals surface area contributed by atoms with Gasteiger partial charge in [-0.2, -0.15) is 0 Å². The first-order valence-corrected chi connectivity index (χ1v) is 5.73. The summed E-state index contributed by atoms with van der Waals surface area (Å²) in [6, 6.07) is 0.0415. The van der Waals surface area contributed by atoms with E-state index in [-0.39, 0.29) is 12.1 Å². The second kappa shape index (κ2) is 5.19. The number of ether oxygens (including phenoxy) is 1. The third-order valence-corrected chi connectivity index (χ3v) is 2.34. The molecule has 90 valence electrons.